The van der Waals surface area contributed by atoms with Crippen LogP contribution in [0.15, 0.2) is 60.7 Å². The van der Waals surface area contributed by atoms with E-state index in [2.05, 4.69) is 5.32 Å². The van der Waals surface area contributed by atoms with Crippen LogP contribution < -0.4 is 5.32 Å². The second-order valence-electron chi connectivity index (χ2n) is 5.11. The molecule has 0 aliphatic rings. The molecular formula is C19H19NO3. The highest BCUT2D eigenvalue weighted by Crippen LogP contribution is 2.05. The van der Waals surface area contributed by atoms with Gasteiger partial charge >= 0.3 is 5.97 Å². The normalized spacial score (nSPS) is 10.5. The molecule has 2 aromatic carbocycles. The van der Waals surface area contributed by atoms with Crippen molar-refractivity contribution in [2.75, 3.05) is 6.61 Å². The summed E-state index contributed by atoms with van der Waals surface area (Å²) in [6.07, 6.45) is 2.97. The number of rotatable bonds is 6. The summed E-state index contributed by atoms with van der Waals surface area (Å²) in [6.45, 7) is 2.12. The van der Waals surface area contributed by atoms with Crippen molar-refractivity contribution in [1.29, 1.82) is 0 Å². The molecule has 0 aromatic heterocycles. The predicted octanol–water partition coefficient (Wildman–Crippen LogP) is 2.87. The maximum absolute atomic E-state index is 11.6. The van der Waals surface area contributed by atoms with Crippen molar-refractivity contribution >= 4 is 18.0 Å². The van der Waals surface area contributed by atoms with Crippen LogP contribution in [0.5, 0.6) is 0 Å². The summed E-state index contributed by atoms with van der Waals surface area (Å²) in [7, 11) is 0. The van der Waals surface area contributed by atoms with Crippen molar-refractivity contribution in [1.82, 2.24) is 5.32 Å². The zero-order valence-corrected chi connectivity index (χ0v) is 13.0. The van der Waals surface area contributed by atoms with E-state index < -0.39 is 5.97 Å². The van der Waals surface area contributed by atoms with Gasteiger partial charge in [-0.1, -0.05) is 60.2 Å². The van der Waals surface area contributed by atoms with Gasteiger partial charge < -0.3 is 10.1 Å². The Labute approximate surface area is 135 Å². The molecule has 4 heteroatoms. The molecule has 2 aromatic rings. The number of hydrogen-bond acceptors (Lipinski definition) is 3. The molecule has 2 rings (SSSR count). The van der Waals surface area contributed by atoms with Crippen LogP contribution in [0.3, 0.4) is 0 Å². The minimum Gasteiger partial charge on any atom is -0.452 e. The topological polar surface area (TPSA) is 55.4 Å². The lowest BCUT2D eigenvalue weighted by molar-refractivity contribution is -0.143. The number of amides is 1. The molecule has 23 heavy (non-hydrogen) atoms. The number of hydrogen-bond donors (Lipinski definition) is 1. The van der Waals surface area contributed by atoms with E-state index >= 15 is 0 Å². The summed E-state index contributed by atoms with van der Waals surface area (Å²) < 4.78 is 4.90. The second kappa shape index (κ2) is 8.54. The molecule has 0 aliphatic carbocycles. The lowest BCUT2D eigenvalue weighted by Crippen LogP contribution is -2.28. The molecule has 0 bridgehead atoms. The molecule has 0 aliphatic heterocycles. The molecule has 4 nitrogen and oxygen atoms in total. The highest BCUT2D eigenvalue weighted by atomic mass is 16.5. The van der Waals surface area contributed by atoms with Gasteiger partial charge in [-0.25, -0.2) is 4.79 Å². The quantitative estimate of drug-likeness (QED) is 0.659. The Hall–Kier alpha value is -2.88. The molecule has 0 atom stereocenters. The highest BCUT2D eigenvalue weighted by Gasteiger charge is 2.04. The van der Waals surface area contributed by atoms with E-state index in [1.54, 1.807) is 6.08 Å². The van der Waals surface area contributed by atoms with Crippen molar-refractivity contribution < 1.29 is 14.3 Å². The summed E-state index contributed by atoms with van der Waals surface area (Å²) in [5.41, 5.74) is 3.05. The summed E-state index contributed by atoms with van der Waals surface area (Å²) >= 11 is 0. The fourth-order valence-corrected chi connectivity index (χ4v) is 1.87. The SMILES string of the molecule is Cc1ccc(C=CC(=O)OCC(=O)NCc2ccccc2)cc1. The minimum atomic E-state index is -0.541. The Bertz CT molecular complexity index is 676. The third kappa shape index (κ3) is 6.18. The van der Waals surface area contributed by atoms with Crippen LogP contribution in [0.4, 0.5) is 0 Å². The highest BCUT2D eigenvalue weighted by molar-refractivity contribution is 5.89. The van der Waals surface area contributed by atoms with Gasteiger partial charge in [0.1, 0.15) is 0 Å². The average Bonchev–Trinajstić information content (AvgIpc) is 2.58. The van der Waals surface area contributed by atoms with Gasteiger partial charge in [0.2, 0.25) is 0 Å². The van der Waals surface area contributed by atoms with E-state index in [1.807, 2.05) is 61.5 Å². The number of carbonyl (C=O) groups excluding carboxylic acids is 2. The summed E-state index contributed by atoms with van der Waals surface area (Å²) in [4.78, 5) is 23.2. The van der Waals surface area contributed by atoms with Gasteiger partial charge in [0.25, 0.3) is 5.91 Å². The molecule has 1 amide bonds. The molecule has 0 fully saturated rings. The Balaban J connectivity index is 1.71. The van der Waals surface area contributed by atoms with Gasteiger partial charge in [0.15, 0.2) is 6.61 Å². The monoisotopic (exact) mass is 309 g/mol. The van der Waals surface area contributed by atoms with Crippen LogP contribution in [0.1, 0.15) is 16.7 Å². The molecule has 0 heterocycles. The number of benzene rings is 2. The maximum atomic E-state index is 11.6. The summed E-state index contributed by atoms with van der Waals surface area (Å²) in [5.74, 6) is -0.869. The first-order chi connectivity index (χ1) is 11.1. The molecule has 1 N–H and O–H groups in total. The van der Waals surface area contributed by atoms with Crippen LogP contribution in [0.25, 0.3) is 6.08 Å². The fraction of sp³-hybridized carbons (Fsp3) is 0.158. The number of nitrogens with one attached hydrogen (secondary N) is 1. The van der Waals surface area contributed by atoms with E-state index in [4.69, 9.17) is 4.74 Å². The number of ether oxygens (including phenoxy) is 1. The number of aryl methyl sites for hydroxylation is 1. The van der Waals surface area contributed by atoms with Crippen molar-refractivity contribution in [3.05, 3.63) is 77.4 Å². The Kier molecular flexibility index (Phi) is 6.12. The third-order valence-electron chi connectivity index (χ3n) is 3.17. The van der Waals surface area contributed by atoms with Gasteiger partial charge in [0, 0.05) is 12.6 Å². The Morgan fingerprint density at radius 2 is 1.74 bits per heavy atom. The molecule has 0 saturated heterocycles. The van der Waals surface area contributed by atoms with Gasteiger partial charge in [0.05, 0.1) is 0 Å². The Morgan fingerprint density at radius 1 is 1.04 bits per heavy atom. The van der Waals surface area contributed by atoms with Crippen molar-refractivity contribution in [2.45, 2.75) is 13.5 Å². The molecule has 118 valence electrons. The van der Waals surface area contributed by atoms with Gasteiger partial charge in [-0.15, -0.1) is 0 Å². The van der Waals surface area contributed by atoms with Gasteiger partial charge in [-0.3, -0.25) is 4.79 Å². The molecule has 0 saturated carbocycles. The lowest BCUT2D eigenvalue weighted by atomic mass is 10.1. The van der Waals surface area contributed by atoms with Gasteiger partial charge in [-0.05, 0) is 24.1 Å². The van der Waals surface area contributed by atoms with Crippen molar-refractivity contribution in [2.24, 2.45) is 0 Å². The maximum Gasteiger partial charge on any atom is 0.331 e. The molecule has 0 radical (unpaired) electrons. The first-order valence-corrected chi connectivity index (χ1v) is 7.35. The van der Waals surface area contributed by atoms with Crippen LogP contribution in [-0.2, 0) is 20.9 Å². The number of esters is 1. The lowest BCUT2D eigenvalue weighted by Gasteiger charge is -2.05. The van der Waals surface area contributed by atoms with Crippen molar-refractivity contribution in [3.8, 4) is 0 Å². The molecular weight excluding hydrogens is 290 g/mol. The Morgan fingerprint density at radius 3 is 2.43 bits per heavy atom. The third-order valence-corrected chi connectivity index (χ3v) is 3.17. The van der Waals surface area contributed by atoms with Crippen LogP contribution in [0, 0.1) is 6.92 Å². The number of carbonyl (C=O) groups is 2. The zero-order chi connectivity index (χ0) is 16.5. The minimum absolute atomic E-state index is 0.288. The fourth-order valence-electron chi connectivity index (χ4n) is 1.87. The van der Waals surface area contributed by atoms with Crippen LogP contribution in [-0.4, -0.2) is 18.5 Å². The largest absolute Gasteiger partial charge is 0.452 e. The van der Waals surface area contributed by atoms with Crippen LogP contribution >= 0.6 is 0 Å². The second-order valence-corrected chi connectivity index (χ2v) is 5.11. The van der Waals surface area contributed by atoms with Crippen molar-refractivity contribution in [3.63, 3.8) is 0 Å². The molecule has 0 spiro atoms. The standard InChI is InChI=1S/C19H19NO3/c1-15-7-9-16(10-8-15)11-12-19(22)23-14-18(21)20-13-17-5-3-2-4-6-17/h2-12H,13-14H2,1H3,(H,20,21). The van der Waals surface area contributed by atoms with Crippen LogP contribution in [0.2, 0.25) is 0 Å². The van der Waals surface area contributed by atoms with E-state index in [0.29, 0.717) is 6.54 Å². The average molecular weight is 309 g/mol. The summed E-state index contributed by atoms with van der Waals surface area (Å²) in [6, 6.07) is 17.3. The first kappa shape index (κ1) is 16.5. The van der Waals surface area contributed by atoms with E-state index in [9.17, 15) is 9.59 Å². The smallest absolute Gasteiger partial charge is 0.331 e. The van der Waals surface area contributed by atoms with Gasteiger partial charge in [-0.2, -0.15) is 0 Å². The van der Waals surface area contributed by atoms with E-state index in [0.717, 1.165) is 16.7 Å². The predicted molar refractivity (Wildman–Crippen MR) is 89.5 cm³/mol. The molecule has 0 unspecified atom stereocenters. The van der Waals surface area contributed by atoms with E-state index in [-0.39, 0.29) is 12.5 Å². The van der Waals surface area contributed by atoms with E-state index in [1.165, 1.54) is 6.08 Å². The zero-order valence-electron chi connectivity index (χ0n) is 13.0. The summed E-state index contributed by atoms with van der Waals surface area (Å²) in [5, 5.41) is 2.69. The first-order valence-electron chi connectivity index (χ1n) is 7.35.